The summed E-state index contributed by atoms with van der Waals surface area (Å²) in [6.45, 7) is 1.99. The first-order valence-corrected chi connectivity index (χ1v) is 8.95. The number of nitrogens with zero attached hydrogens (tertiary/aromatic N) is 2. The summed E-state index contributed by atoms with van der Waals surface area (Å²) < 4.78 is 2.11. The zero-order valence-electron chi connectivity index (χ0n) is 12.8. The van der Waals surface area contributed by atoms with Crippen molar-refractivity contribution in [3.05, 3.63) is 57.1 Å². The van der Waals surface area contributed by atoms with Crippen LogP contribution in [0.3, 0.4) is 0 Å². The van der Waals surface area contributed by atoms with Gasteiger partial charge in [-0.3, -0.25) is 14.5 Å². The molecule has 0 aliphatic rings. The van der Waals surface area contributed by atoms with Crippen LogP contribution in [-0.4, -0.2) is 20.7 Å². The molecule has 24 heavy (non-hydrogen) atoms. The van der Waals surface area contributed by atoms with Crippen molar-refractivity contribution in [3.63, 3.8) is 0 Å². The molecule has 5 nitrogen and oxygen atoms in total. The minimum Gasteiger partial charge on any atom is -0.348 e. The predicted molar refractivity (Wildman–Crippen MR) is 98.7 cm³/mol. The fourth-order valence-corrected chi connectivity index (χ4v) is 3.61. The minimum atomic E-state index is -0.197. The zero-order valence-corrected chi connectivity index (χ0v) is 15.2. The van der Waals surface area contributed by atoms with E-state index < -0.39 is 0 Å². The van der Waals surface area contributed by atoms with Crippen molar-refractivity contribution in [1.82, 2.24) is 20.1 Å². The van der Waals surface area contributed by atoms with Crippen LogP contribution in [0.4, 0.5) is 0 Å². The molecular formula is C16H15ClN4OS2. The normalized spacial score (nSPS) is 12.1. The molecule has 1 amide bonds. The molecule has 124 valence electrons. The first-order valence-electron chi connectivity index (χ1n) is 7.29. The topological polar surface area (TPSA) is 62.7 Å². The van der Waals surface area contributed by atoms with Gasteiger partial charge in [-0.15, -0.1) is 11.3 Å². The van der Waals surface area contributed by atoms with E-state index in [1.165, 1.54) is 0 Å². The largest absolute Gasteiger partial charge is 0.348 e. The number of aromatic nitrogens is 3. The van der Waals surface area contributed by atoms with Crippen LogP contribution in [0.1, 0.15) is 18.5 Å². The number of thiophene rings is 1. The van der Waals surface area contributed by atoms with Gasteiger partial charge >= 0.3 is 0 Å². The van der Waals surface area contributed by atoms with Gasteiger partial charge in [0.25, 0.3) is 0 Å². The van der Waals surface area contributed by atoms with Crippen LogP contribution in [0.2, 0.25) is 5.02 Å². The van der Waals surface area contributed by atoms with E-state index in [1.54, 1.807) is 22.0 Å². The van der Waals surface area contributed by atoms with Crippen molar-refractivity contribution in [2.24, 2.45) is 0 Å². The van der Waals surface area contributed by atoms with Crippen LogP contribution in [0, 0.1) is 4.77 Å². The molecule has 1 atom stereocenters. The van der Waals surface area contributed by atoms with E-state index in [0.717, 1.165) is 10.4 Å². The van der Waals surface area contributed by atoms with Gasteiger partial charge in [0.05, 0.1) is 10.9 Å². The Bertz CT molecular complexity index is 901. The Balaban J connectivity index is 1.76. The molecule has 0 unspecified atom stereocenters. The molecule has 3 aromatic rings. The highest BCUT2D eigenvalue weighted by Gasteiger charge is 2.16. The fraction of sp³-hybridized carbons (Fsp3) is 0.188. The predicted octanol–water partition coefficient (Wildman–Crippen LogP) is 4.20. The number of rotatable bonds is 5. The van der Waals surface area contributed by atoms with Gasteiger partial charge in [-0.25, -0.2) is 0 Å². The van der Waals surface area contributed by atoms with Crippen molar-refractivity contribution in [2.75, 3.05) is 0 Å². The SMILES string of the molecule is C[C@@H](NC(=O)Cn1c(-c2cccs2)n[nH]c1=S)c1ccccc1Cl. The number of nitrogens with one attached hydrogen (secondary N) is 2. The third kappa shape index (κ3) is 3.58. The average Bonchev–Trinajstić information content (AvgIpc) is 3.18. The Labute approximate surface area is 153 Å². The molecule has 0 fully saturated rings. The van der Waals surface area contributed by atoms with Crippen LogP contribution in [0.5, 0.6) is 0 Å². The van der Waals surface area contributed by atoms with Crippen molar-refractivity contribution in [3.8, 4) is 10.7 Å². The minimum absolute atomic E-state index is 0.0946. The summed E-state index contributed by atoms with van der Waals surface area (Å²) in [6.07, 6.45) is 0. The lowest BCUT2D eigenvalue weighted by Crippen LogP contribution is -2.30. The second-order valence-corrected chi connectivity index (χ2v) is 6.97. The fourth-order valence-electron chi connectivity index (χ4n) is 2.39. The maximum Gasteiger partial charge on any atom is 0.240 e. The second-order valence-electron chi connectivity index (χ2n) is 5.23. The van der Waals surface area contributed by atoms with Gasteiger partial charge in [-0.05, 0) is 42.2 Å². The molecule has 1 aromatic carbocycles. The number of hydrogen-bond donors (Lipinski definition) is 2. The Kier molecular flexibility index (Phi) is 5.13. The van der Waals surface area contributed by atoms with Crippen molar-refractivity contribution >= 4 is 41.1 Å². The van der Waals surface area contributed by atoms with Gasteiger partial charge in [0.1, 0.15) is 6.54 Å². The third-order valence-corrected chi connectivity index (χ3v) is 5.07. The Morgan fingerprint density at radius 1 is 1.42 bits per heavy atom. The zero-order chi connectivity index (χ0) is 17.1. The molecule has 0 spiro atoms. The van der Waals surface area contributed by atoms with Gasteiger partial charge in [-0.2, -0.15) is 5.10 Å². The molecule has 0 saturated heterocycles. The molecule has 0 radical (unpaired) electrons. The monoisotopic (exact) mass is 378 g/mol. The molecule has 0 aliphatic carbocycles. The molecule has 0 bridgehead atoms. The standard InChI is InChI=1S/C16H15ClN4OS2/c1-10(11-5-2-3-6-12(11)17)18-14(22)9-21-15(19-20-16(21)23)13-7-4-8-24-13/h2-8,10H,9H2,1H3,(H,18,22)(H,20,23)/t10-/m1/s1. The smallest absolute Gasteiger partial charge is 0.240 e. The Hall–Kier alpha value is -1.96. The van der Waals surface area contributed by atoms with Gasteiger partial charge in [-0.1, -0.05) is 35.9 Å². The third-order valence-electron chi connectivity index (χ3n) is 3.55. The first-order chi connectivity index (χ1) is 11.6. The number of amides is 1. The molecule has 2 N–H and O–H groups in total. The maximum absolute atomic E-state index is 12.4. The Morgan fingerprint density at radius 3 is 2.92 bits per heavy atom. The van der Waals surface area contributed by atoms with E-state index in [2.05, 4.69) is 15.5 Å². The molecule has 0 saturated carbocycles. The quantitative estimate of drug-likeness (QED) is 0.654. The summed E-state index contributed by atoms with van der Waals surface area (Å²) >= 11 is 13.0. The molecule has 2 aromatic heterocycles. The molecule has 0 aliphatic heterocycles. The first kappa shape index (κ1) is 16.9. The summed E-state index contributed by atoms with van der Waals surface area (Å²) in [5.41, 5.74) is 0.877. The van der Waals surface area contributed by atoms with Crippen LogP contribution in [-0.2, 0) is 11.3 Å². The number of halogens is 1. The van der Waals surface area contributed by atoms with Crippen LogP contribution >= 0.6 is 35.2 Å². The lowest BCUT2D eigenvalue weighted by atomic mass is 10.1. The second kappa shape index (κ2) is 7.29. The summed E-state index contributed by atoms with van der Waals surface area (Å²) in [7, 11) is 0. The molecular weight excluding hydrogens is 364 g/mol. The van der Waals surface area contributed by atoms with E-state index in [-0.39, 0.29) is 18.5 Å². The molecule has 2 heterocycles. The molecule has 3 rings (SSSR count). The molecule has 8 heteroatoms. The number of H-pyrrole nitrogens is 1. The Morgan fingerprint density at radius 2 is 2.21 bits per heavy atom. The van der Waals surface area contributed by atoms with Gasteiger partial charge in [0.15, 0.2) is 10.6 Å². The van der Waals surface area contributed by atoms with Crippen LogP contribution < -0.4 is 5.32 Å². The van der Waals surface area contributed by atoms with Gasteiger partial charge in [0.2, 0.25) is 5.91 Å². The summed E-state index contributed by atoms with van der Waals surface area (Å²) in [5.74, 6) is 0.508. The lowest BCUT2D eigenvalue weighted by Gasteiger charge is -2.16. The maximum atomic E-state index is 12.4. The average molecular weight is 379 g/mol. The van der Waals surface area contributed by atoms with E-state index in [4.69, 9.17) is 23.8 Å². The summed E-state index contributed by atoms with van der Waals surface area (Å²) in [6, 6.07) is 11.1. The number of hydrogen-bond acceptors (Lipinski definition) is 4. The van der Waals surface area contributed by atoms with E-state index in [1.807, 2.05) is 42.6 Å². The lowest BCUT2D eigenvalue weighted by molar-refractivity contribution is -0.122. The van der Waals surface area contributed by atoms with Crippen molar-refractivity contribution < 1.29 is 4.79 Å². The van der Waals surface area contributed by atoms with E-state index >= 15 is 0 Å². The van der Waals surface area contributed by atoms with Crippen molar-refractivity contribution in [2.45, 2.75) is 19.5 Å². The van der Waals surface area contributed by atoms with Gasteiger partial charge < -0.3 is 5.32 Å². The number of aromatic amines is 1. The highest BCUT2D eigenvalue weighted by molar-refractivity contribution is 7.71. The number of carbonyl (C=O) groups is 1. The van der Waals surface area contributed by atoms with E-state index in [9.17, 15) is 4.79 Å². The van der Waals surface area contributed by atoms with Crippen LogP contribution in [0.15, 0.2) is 41.8 Å². The highest BCUT2D eigenvalue weighted by Crippen LogP contribution is 2.24. The van der Waals surface area contributed by atoms with Crippen LogP contribution in [0.25, 0.3) is 10.7 Å². The number of carbonyl (C=O) groups excluding carboxylic acids is 1. The number of benzene rings is 1. The summed E-state index contributed by atoms with van der Waals surface area (Å²) in [4.78, 5) is 13.4. The van der Waals surface area contributed by atoms with Gasteiger partial charge in [0, 0.05) is 5.02 Å². The highest BCUT2D eigenvalue weighted by atomic mass is 35.5. The summed E-state index contributed by atoms with van der Waals surface area (Å²) in [5, 5.41) is 12.5. The van der Waals surface area contributed by atoms with Crippen molar-refractivity contribution in [1.29, 1.82) is 0 Å². The van der Waals surface area contributed by atoms with E-state index in [0.29, 0.717) is 15.6 Å².